The van der Waals surface area contributed by atoms with Gasteiger partial charge in [0.05, 0.1) is 0 Å². The molecule has 0 atom stereocenters. The SMILES string of the molecule is CC1CCC2(CC1)NC(=O)N(CC(=O)N(C)Cc1ccccc1F)C2=O. The molecule has 2 aliphatic rings. The quantitative estimate of drug-likeness (QED) is 0.837. The van der Waals surface area contributed by atoms with Crippen molar-refractivity contribution in [2.24, 2.45) is 5.92 Å². The van der Waals surface area contributed by atoms with Gasteiger partial charge in [0, 0.05) is 19.2 Å². The number of amides is 4. The maximum Gasteiger partial charge on any atom is 0.325 e. The number of benzene rings is 1. The number of imide groups is 1. The van der Waals surface area contributed by atoms with Crippen LogP contribution >= 0.6 is 0 Å². The Morgan fingerprint density at radius 1 is 1.31 bits per heavy atom. The van der Waals surface area contributed by atoms with E-state index in [2.05, 4.69) is 12.2 Å². The summed E-state index contributed by atoms with van der Waals surface area (Å²) in [6.07, 6.45) is 2.96. The topological polar surface area (TPSA) is 69.7 Å². The lowest BCUT2D eigenvalue weighted by atomic mass is 9.77. The van der Waals surface area contributed by atoms with Crippen molar-refractivity contribution in [3.63, 3.8) is 0 Å². The van der Waals surface area contributed by atoms with Crippen LogP contribution < -0.4 is 5.32 Å². The monoisotopic (exact) mass is 361 g/mol. The van der Waals surface area contributed by atoms with Crippen molar-refractivity contribution in [1.29, 1.82) is 0 Å². The second-order valence-corrected chi connectivity index (χ2v) is 7.43. The predicted molar refractivity (Wildman–Crippen MR) is 93.5 cm³/mol. The van der Waals surface area contributed by atoms with E-state index in [0.717, 1.165) is 17.7 Å². The molecule has 1 aromatic rings. The summed E-state index contributed by atoms with van der Waals surface area (Å²) in [5, 5.41) is 2.80. The molecule has 1 N–H and O–H groups in total. The molecule has 1 saturated carbocycles. The summed E-state index contributed by atoms with van der Waals surface area (Å²) >= 11 is 0. The Balaban J connectivity index is 1.64. The molecule has 140 valence electrons. The average Bonchev–Trinajstić information content (AvgIpc) is 2.84. The molecule has 1 heterocycles. The molecule has 0 aromatic heterocycles. The van der Waals surface area contributed by atoms with E-state index in [0.29, 0.717) is 24.3 Å². The van der Waals surface area contributed by atoms with Crippen LogP contribution in [0.15, 0.2) is 24.3 Å². The Hall–Kier alpha value is -2.44. The molecule has 7 heteroatoms. The van der Waals surface area contributed by atoms with Gasteiger partial charge in [-0.25, -0.2) is 9.18 Å². The Labute approximate surface area is 152 Å². The summed E-state index contributed by atoms with van der Waals surface area (Å²) in [5.41, 5.74) is -0.466. The van der Waals surface area contributed by atoms with Crippen LogP contribution in [-0.4, -0.2) is 46.8 Å². The number of nitrogens with zero attached hydrogens (tertiary/aromatic N) is 2. The van der Waals surface area contributed by atoms with Gasteiger partial charge in [0.1, 0.15) is 17.9 Å². The highest BCUT2D eigenvalue weighted by Crippen LogP contribution is 2.36. The van der Waals surface area contributed by atoms with Gasteiger partial charge in [0.25, 0.3) is 5.91 Å². The number of hydrogen-bond donors (Lipinski definition) is 1. The van der Waals surface area contributed by atoms with Crippen LogP contribution in [0.1, 0.15) is 38.2 Å². The molecule has 1 aromatic carbocycles. The van der Waals surface area contributed by atoms with E-state index in [4.69, 9.17) is 0 Å². The highest BCUT2D eigenvalue weighted by molar-refractivity contribution is 6.09. The van der Waals surface area contributed by atoms with Crippen molar-refractivity contribution in [2.45, 2.75) is 44.7 Å². The van der Waals surface area contributed by atoms with Gasteiger partial charge in [-0.15, -0.1) is 0 Å². The third kappa shape index (κ3) is 3.43. The molecule has 0 bridgehead atoms. The third-order valence-corrected chi connectivity index (χ3v) is 5.46. The van der Waals surface area contributed by atoms with Gasteiger partial charge in [-0.3, -0.25) is 14.5 Å². The Bertz CT molecular complexity index is 728. The minimum absolute atomic E-state index is 0.0812. The number of carbonyl (C=O) groups is 3. The molecule has 26 heavy (non-hydrogen) atoms. The van der Waals surface area contributed by atoms with E-state index in [1.807, 2.05) is 0 Å². The van der Waals surface area contributed by atoms with Gasteiger partial charge in [-0.1, -0.05) is 25.1 Å². The minimum Gasteiger partial charge on any atom is -0.340 e. The number of hydrogen-bond acceptors (Lipinski definition) is 3. The van der Waals surface area contributed by atoms with E-state index in [1.165, 1.54) is 18.0 Å². The fraction of sp³-hybridized carbons (Fsp3) is 0.526. The van der Waals surface area contributed by atoms with Crippen molar-refractivity contribution in [3.05, 3.63) is 35.6 Å². The Morgan fingerprint density at radius 2 is 1.96 bits per heavy atom. The van der Waals surface area contributed by atoms with Gasteiger partial charge in [-0.2, -0.15) is 0 Å². The summed E-state index contributed by atoms with van der Waals surface area (Å²) in [5.74, 6) is -0.578. The summed E-state index contributed by atoms with van der Waals surface area (Å²) < 4.78 is 13.7. The van der Waals surface area contributed by atoms with E-state index >= 15 is 0 Å². The normalized spacial score (nSPS) is 25.5. The Kier molecular flexibility index (Phi) is 4.98. The highest BCUT2D eigenvalue weighted by atomic mass is 19.1. The fourth-order valence-corrected chi connectivity index (χ4v) is 3.64. The molecule has 1 aliphatic heterocycles. The lowest BCUT2D eigenvalue weighted by Crippen LogP contribution is -2.50. The minimum atomic E-state index is -0.853. The molecule has 1 saturated heterocycles. The number of nitrogens with one attached hydrogen (secondary N) is 1. The van der Waals surface area contributed by atoms with Crippen molar-refractivity contribution in [1.82, 2.24) is 15.1 Å². The first-order valence-corrected chi connectivity index (χ1v) is 8.94. The second kappa shape index (κ2) is 7.05. The summed E-state index contributed by atoms with van der Waals surface area (Å²) in [4.78, 5) is 39.8. The van der Waals surface area contributed by atoms with Crippen molar-refractivity contribution < 1.29 is 18.8 Å². The van der Waals surface area contributed by atoms with Crippen LogP contribution in [0.25, 0.3) is 0 Å². The molecular weight excluding hydrogens is 337 g/mol. The lowest BCUT2D eigenvalue weighted by Gasteiger charge is -2.33. The summed E-state index contributed by atoms with van der Waals surface area (Å²) in [7, 11) is 1.53. The maximum absolute atomic E-state index is 13.7. The first-order chi connectivity index (χ1) is 12.3. The average molecular weight is 361 g/mol. The van der Waals surface area contributed by atoms with Gasteiger partial charge in [-0.05, 0) is 37.7 Å². The van der Waals surface area contributed by atoms with Crippen LogP contribution in [0.3, 0.4) is 0 Å². The molecule has 1 spiro atoms. The number of likely N-dealkylation sites (N-methyl/N-ethyl adjacent to an activating group) is 1. The van der Waals surface area contributed by atoms with Gasteiger partial charge in [0.2, 0.25) is 5.91 Å². The lowest BCUT2D eigenvalue weighted by molar-refractivity contribution is -0.139. The van der Waals surface area contributed by atoms with Gasteiger partial charge >= 0.3 is 6.03 Å². The zero-order chi connectivity index (χ0) is 18.9. The smallest absolute Gasteiger partial charge is 0.325 e. The standard InChI is InChI=1S/C19H24FN3O3/c1-13-7-9-19(10-8-13)17(25)23(18(26)21-19)12-16(24)22(2)11-14-5-3-4-6-15(14)20/h3-6,13H,7-12H2,1-2H3,(H,21,26). The first kappa shape index (κ1) is 18.4. The molecular formula is C19H24FN3O3. The van der Waals surface area contributed by atoms with Crippen molar-refractivity contribution in [2.75, 3.05) is 13.6 Å². The van der Waals surface area contributed by atoms with E-state index in [-0.39, 0.29) is 19.0 Å². The van der Waals surface area contributed by atoms with Crippen LogP contribution in [0, 0.1) is 11.7 Å². The molecule has 6 nitrogen and oxygen atoms in total. The molecule has 1 aliphatic carbocycles. The molecule has 2 fully saturated rings. The number of halogens is 1. The van der Waals surface area contributed by atoms with Crippen LogP contribution in [0.4, 0.5) is 9.18 Å². The largest absolute Gasteiger partial charge is 0.340 e. The van der Waals surface area contributed by atoms with E-state index < -0.39 is 23.3 Å². The summed E-state index contributed by atoms with van der Waals surface area (Å²) in [6, 6.07) is 5.70. The number of carbonyl (C=O) groups excluding carboxylic acids is 3. The predicted octanol–water partition coefficient (Wildman–Crippen LogP) is 2.28. The summed E-state index contributed by atoms with van der Waals surface area (Å²) in [6.45, 7) is 1.89. The van der Waals surface area contributed by atoms with Gasteiger partial charge < -0.3 is 10.2 Å². The van der Waals surface area contributed by atoms with Crippen molar-refractivity contribution >= 4 is 17.8 Å². The third-order valence-electron chi connectivity index (χ3n) is 5.46. The maximum atomic E-state index is 13.7. The molecule has 4 amide bonds. The number of rotatable bonds is 4. The van der Waals surface area contributed by atoms with Crippen LogP contribution in [-0.2, 0) is 16.1 Å². The zero-order valence-corrected chi connectivity index (χ0v) is 15.1. The second-order valence-electron chi connectivity index (χ2n) is 7.43. The molecule has 0 radical (unpaired) electrons. The fourth-order valence-electron chi connectivity index (χ4n) is 3.64. The number of urea groups is 1. The van der Waals surface area contributed by atoms with E-state index in [9.17, 15) is 18.8 Å². The van der Waals surface area contributed by atoms with Crippen LogP contribution in [0.5, 0.6) is 0 Å². The zero-order valence-electron chi connectivity index (χ0n) is 15.1. The van der Waals surface area contributed by atoms with E-state index in [1.54, 1.807) is 18.2 Å². The molecule has 0 unspecified atom stereocenters. The van der Waals surface area contributed by atoms with Crippen LogP contribution in [0.2, 0.25) is 0 Å². The van der Waals surface area contributed by atoms with Crippen molar-refractivity contribution in [3.8, 4) is 0 Å². The first-order valence-electron chi connectivity index (χ1n) is 8.94. The Morgan fingerprint density at radius 3 is 2.62 bits per heavy atom. The molecule has 3 rings (SSSR count). The van der Waals surface area contributed by atoms with Gasteiger partial charge in [0.15, 0.2) is 0 Å². The highest BCUT2D eigenvalue weighted by Gasteiger charge is 2.52.